The van der Waals surface area contributed by atoms with Crippen molar-refractivity contribution in [3.05, 3.63) is 65.7 Å². The topological polar surface area (TPSA) is 43.1 Å². The maximum Gasteiger partial charge on any atom is 0.228 e. The predicted molar refractivity (Wildman–Crippen MR) is 68.6 cm³/mol. The molecule has 0 saturated carbocycles. The number of hydrogen-bond acceptors (Lipinski definition) is 3. The molecule has 0 amide bonds. The average Bonchev–Trinajstić information content (AvgIpc) is 2.90. The van der Waals surface area contributed by atoms with Crippen molar-refractivity contribution in [1.82, 2.24) is 4.98 Å². The second-order valence-electron chi connectivity index (χ2n) is 4.13. The molecule has 0 spiro atoms. The average molecular weight is 237 g/mol. The lowest BCUT2D eigenvalue weighted by molar-refractivity contribution is 0.101. The molecule has 88 valence electrons. The van der Waals surface area contributed by atoms with Gasteiger partial charge in [0.1, 0.15) is 0 Å². The fourth-order valence-corrected chi connectivity index (χ4v) is 2.04. The van der Waals surface area contributed by atoms with Gasteiger partial charge in [-0.2, -0.15) is 0 Å². The Morgan fingerprint density at radius 2 is 2.00 bits per heavy atom. The molecule has 0 aliphatic rings. The summed E-state index contributed by atoms with van der Waals surface area (Å²) in [7, 11) is 0. The molecule has 0 fully saturated rings. The molecule has 2 aromatic heterocycles. The third-order valence-corrected chi connectivity index (χ3v) is 2.83. The number of para-hydroxylation sites is 1. The van der Waals surface area contributed by atoms with Crippen LogP contribution in [-0.2, 0) is 0 Å². The summed E-state index contributed by atoms with van der Waals surface area (Å²) in [4.78, 5) is 16.8. The molecule has 0 atom stereocenters. The third-order valence-electron chi connectivity index (χ3n) is 2.83. The van der Waals surface area contributed by atoms with E-state index in [1.165, 1.54) is 6.26 Å². The van der Waals surface area contributed by atoms with Gasteiger partial charge >= 0.3 is 0 Å². The Bertz CT molecular complexity index is 714. The van der Waals surface area contributed by atoms with Crippen molar-refractivity contribution in [2.75, 3.05) is 0 Å². The molecule has 0 radical (unpaired) electrons. The molecule has 1 aromatic carbocycles. The van der Waals surface area contributed by atoms with Crippen LogP contribution in [0.4, 0.5) is 0 Å². The first-order valence-electron chi connectivity index (χ1n) is 5.70. The van der Waals surface area contributed by atoms with Gasteiger partial charge in [-0.3, -0.25) is 9.78 Å². The number of benzene rings is 1. The van der Waals surface area contributed by atoms with Gasteiger partial charge in [0.05, 0.1) is 11.8 Å². The van der Waals surface area contributed by atoms with Crippen LogP contribution in [0.5, 0.6) is 0 Å². The number of carbonyl (C=O) groups excluding carboxylic acids is 1. The van der Waals surface area contributed by atoms with Gasteiger partial charge in [0.25, 0.3) is 0 Å². The molecule has 0 aliphatic carbocycles. The molecule has 0 N–H and O–H groups in total. The Morgan fingerprint density at radius 3 is 2.78 bits per heavy atom. The van der Waals surface area contributed by atoms with Gasteiger partial charge in [-0.15, -0.1) is 0 Å². The molecule has 3 rings (SSSR count). The van der Waals surface area contributed by atoms with Crippen molar-refractivity contribution in [1.29, 1.82) is 0 Å². The smallest absolute Gasteiger partial charge is 0.228 e. The fourth-order valence-electron chi connectivity index (χ4n) is 2.04. The number of fused-ring (bicyclic) bond motifs is 1. The van der Waals surface area contributed by atoms with Crippen molar-refractivity contribution in [3.63, 3.8) is 0 Å². The maximum atomic E-state index is 12.4. The first-order chi connectivity index (χ1) is 8.75. The number of ketones is 1. The molecule has 0 unspecified atom stereocenters. The lowest BCUT2D eigenvalue weighted by Crippen LogP contribution is -2.02. The molecule has 2 heterocycles. The molecule has 0 aliphatic heterocycles. The van der Waals surface area contributed by atoms with E-state index in [4.69, 9.17) is 4.42 Å². The van der Waals surface area contributed by atoms with Crippen LogP contribution in [0.3, 0.4) is 0 Å². The quantitative estimate of drug-likeness (QED) is 0.642. The number of nitrogens with zero attached hydrogens (tertiary/aromatic N) is 1. The first-order valence-corrected chi connectivity index (χ1v) is 5.70. The maximum absolute atomic E-state index is 12.4. The van der Waals surface area contributed by atoms with Crippen molar-refractivity contribution >= 4 is 16.7 Å². The van der Waals surface area contributed by atoms with Crippen LogP contribution in [0.25, 0.3) is 10.9 Å². The second kappa shape index (κ2) is 4.11. The van der Waals surface area contributed by atoms with Gasteiger partial charge in [0, 0.05) is 16.6 Å². The summed E-state index contributed by atoms with van der Waals surface area (Å²) in [6.45, 7) is 1.88. The number of hydrogen-bond donors (Lipinski definition) is 0. The summed E-state index contributed by atoms with van der Waals surface area (Å²) >= 11 is 0. The van der Waals surface area contributed by atoms with E-state index in [0.29, 0.717) is 11.3 Å². The Morgan fingerprint density at radius 1 is 1.17 bits per heavy atom. The lowest BCUT2D eigenvalue weighted by Gasteiger charge is -2.05. The predicted octanol–water partition coefficient (Wildman–Crippen LogP) is 3.37. The number of carbonyl (C=O) groups is 1. The van der Waals surface area contributed by atoms with E-state index < -0.39 is 0 Å². The minimum absolute atomic E-state index is 0.110. The highest BCUT2D eigenvalue weighted by Crippen LogP contribution is 2.21. The lowest BCUT2D eigenvalue weighted by atomic mass is 10.0. The number of aromatic nitrogens is 1. The van der Waals surface area contributed by atoms with Crippen LogP contribution in [0.15, 0.2) is 53.1 Å². The number of aryl methyl sites for hydroxylation is 1. The molecule has 18 heavy (non-hydrogen) atoms. The van der Waals surface area contributed by atoms with Gasteiger partial charge in [-0.1, -0.05) is 18.2 Å². The van der Waals surface area contributed by atoms with Crippen LogP contribution in [-0.4, -0.2) is 10.8 Å². The van der Waals surface area contributed by atoms with Crippen molar-refractivity contribution in [2.45, 2.75) is 6.92 Å². The summed E-state index contributed by atoms with van der Waals surface area (Å²) in [6.07, 6.45) is 1.50. The summed E-state index contributed by atoms with van der Waals surface area (Å²) < 4.78 is 5.17. The van der Waals surface area contributed by atoms with Crippen molar-refractivity contribution in [2.24, 2.45) is 0 Å². The molecule has 0 bridgehead atoms. The van der Waals surface area contributed by atoms with E-state index in [1.54, 1.807) is 18.2 Å². The van der Waals surface area contributed by atoms with Crippen LogP contribution in [0.1, 0.15) is 21.8 Å². The monoisotopic (exact) mass is 237 g/mol. The normalized spacial score (nSPS) is 10.7. The van der Waals surface area contributed by atoms with Crippen LogP contribution in [0, 0.1) is 6.92 Å². The zero-order valence-electron chi connectivity index (χ0n) is 9.88. The molecule has 3 nitrogen and oxygen atoms in total. The minimum Gasteiger partial charge on any atom is -0.461 e. The molecular weight excluding hydrogens is 226 g/mol. The Labute approximate surface area is 104 Å². The summed E-state index contributed by atoms with van der Waals surface area (Å²) in [5, 5.41) is 0.851. The summed E-state index contributed by atoms with van der Waals surface area (Å²) in [6, 6.07) is 12.8. The Hall–Kier alpha value is -2.42. The standard InChI is InChI=1S/C15H11NO2/c1-10-9-12(15(17)14-7-4-8-18-14)11-5-2-3-6-13(11)16-10/h2-9H,1H3. The number of furan rings is 1. The third kappa shape index (κ3) is 1.70. The van der Waals surface area contributed by atoms with Crippen molar-refractivity contribution < 1.29 is 9.21 Å². The highest BCUT2D eigenvalue weighted by atomic mass is 16.3. The van der Waals surface area contributed by atoms with Gasteiger partial charge in [0.15, 0.2) is 5.76 Å². The summed E-state index contributed by atoms with van der Waals surface area (Å²) in [5.41, 5.74) is 2.28. The zero-order valence-corrected chi connectivity index (χ0v) is 9.88. The van der Waals surface area contributed by atoms with Crippen molar-refractivity contribution in [3.8, 4) is 0 Å². The number of pyridine rings is 1. The molecule has 3 aromatic rings. The minimum atomic E-state index is -0.110. The van der Waals surface area contributed by atoms with Crippen LogP contribution < -0.4 is 0 Å². The van der Waals surface area contributed by atoms with E-state index in [-0.39, 0.29) is 5.78 Å². The number of rotatable bonds is 2. The Kier molecular flexibility index (Phi) is 2.45. The van der Waals surface area contributed by atoms with Crippen LogP contribution >= 0.6 is 0 Å². The van der Waals surface area contributed by atoms with E-state index in [2.05, 4.69) is 4.98 Å². The first kappa shape index (κ1) is 10.7. The highest BCUT2D eigenvalue weighted by molar-refractivity contribution is 6.14. The SMILES string of the molecule is Cc1cc(C(=O)c2ccco2)c2ccccc2n1. The van der Waals surface area contributed by atoms with E-state index >= 15 is 0 Å². The molecule has 0 saturated heterocycles. The molecule has 3 heteroatoms. The van der Waals surface area contributed by atoms with E-state index in [1.807, 2.05) is 31.2 Å². The molecular formula is C15H11NO2. The largest absolute Gasteiger partial charge is 0.461 e. The summed E-state index contributed by atoms with van der Waals surface area (Å²) in [5.74, 6) is 0.243. The zero-order chi connectivity index (χ0) is 12.5. The fraction of sp³-hybridized carbons (Fsp3) is 0.0667. The van der Waals surface area contributed by atoms with Gasteiger partial charge < -0.3 is 4.42 Å². The highest BCUT2D eigenvalue weighted by Gasteiger charge is 2.15. The Balaban J connectivity index is 2.25. The van der Waals surface area contributed by atoms with Crippen LogP contribution in [0.2, 0.25) is 0 Å². The van der Waals surface area contributed by atoms with Gasteiger partial charge in [0.2, 0.25) is 5.78 Å². The second-order valence-corrected chi connectivity index (χ2v) is 4.13. The van der Waals surface area contributed by atoms with Gasteiger partial charge in [-0.05, 0) is 31.2 Å². The van der Waals surface area contributed by atoms with Gasteiger partial charge in [-0.25, -0.2) is 0 Å². The van der Waals surface area contributed by atoms with E-state index in [0.717, 1.165) is 16.6 Å². The van der Waals surface area contributed by atoms with E-state index in [9.17, 15) is 4.79 Å².